The van der Waals surface area contributed by atoms with Gasteiger partial charge in [0.2, 0.25) is 5.78 Å². The number of rotatable bonds is 5. The van der Waals surface area contributed by atoms with Gasteiger partial charge in [0.05, 0.1) is 5.02 Å². The average molecular weight is 360 g/mol. The van der Waals surface area contributed by atoms with Crippen molar-refractivity contribution in [1.29, 1.82) is 0 Å². The smallest absolute Gasteiger partial charge is 0.326 e. The second-order valence-corrected chi connectivity index (χ2v) is 6.10. The highest BCUT2D eigenvalue weighted by atomic mass is 35.5. The molecule has 5 nitrogen and oxygen atoms in total. The Labute approximate surface area is 140 Å². The first-order valence-corrected chi connectivity index (χ1v) is 7.81. The van der Waals surface area contributed by atoms with Crippen molar-refractivity contribution in [2.75, 3.05) is 6.61 Å². The molecule has 0 saturated heterocycles. The average Bonchev–Trinajstić information content (AvgIpc) is 2.76. The molecule has 8 heteroatoms. The molecule has 1 heterocycles. The van der Waals surface area contributed by atoms with Gasteiger partial charge in [0, 0.05) is 21.7 Å². The molecule has 22 heavy (non-hydrogen) atoms. The second-order valence-electron chi connectivity index (χ2n) is 4.44. The van der Waals surface area contributed by atoms with Crippen LogP contribution in [-0.2, 0) is 16.1 Å². The zero-order chi connectivity index (χ0) is 16.3. The van der Waals surface area contributed by atoms with Crippen LogP contribution in [0.1, 0.15) is 16.1 Å². The lowest BCUT2D eigenvalue weighted by molar-refractivity contribution is -0.143. The van der Waals surface area contributed by atoms with E-state index in [2.05, 4.69) is 0 Å². The Hall–Kier alpha value is -1.63. The van der Waals surface area contributed by atoms with Crippen LogP contribution in [0.3, 0.4) is 0 Å². The molecule has 0 aliphatic heterocycles. The van der Waals surface area contributed by atoms with E-state index in [0.29, 0.717) is 10.7 Å². The molecule has 0 amide bonds. The fraction of sp³-hybridized carbons (Fsp3) is 0.214. The largest absolute Gasteiger partial charge is 0.456 e. The van der Waals surface area contributed by atoms with Gasteiger partial charge in [-0.15, -0.1) is 0 Å². The van der Waals surface area contributed by atoms with E-state index in [9.17, 15) is 14.4 Å². The summed E-state index contributed by atoms with van der Waals surface area (Å²) in [6, 6.07) is 4.43. The zero-order valence-corrected chi connectivity index (χ0v) is 13.8. The Morgan fingerprint density at radius 2 is 2.05 bits per heavy atom. The first-order valence-electron chi connectivity index (χ1n) is 6.17. The van der Waals surface area contributed by atoms with Crippen molar-refractivity contribution < 1.29 is 14.3 Å². The molecule has 2 aromatic rings. The molecule has 1 aromatic carbocycles. The third-order valence-corrected chi connectivity index (χ3v) is 4.29. The predicted octanol–water partition coefficient (Wildman–Crippen LogP) is 2.95. The van der Waals surface area contributed by atoms with Gasteiger partial charge in [-0.25, -0.2) is 0 Å². The number of nitrogens with zero attached hydrogens (tertiary/aromatic N) is 1. The van der Waals surface area contributed by atoms with E-state index >= 15 is 0 Å². The molecule has 0 aliphatic carbocycles. The fourth-order valence-corrected chi connectivity index (χ4v) is 2.96. The minimum absolute atomic E-state index is 0.193. The van der Waals surface area contributed by atoms with E-state index in [0.717, 1.165) is 11.3 Å². The zero-order valence-electron chi connectivity index (χ0n) is 11.5. The topological polar surface area (TPSA) is 65.4 Å². The molecule has 0 atom stereocenters. The van der Waals surface area contributed by atoms with Gasteiger partial charge >= 0.3 is 10.8 Å². The number of halogens is 2. The molecule has 0 N–H and O–H groups in total. The maximum absolute atomic E-state index is 11.9. The summed E-state index contributed by atoms with van der Waals surface area (Å²) >= 11 is 12.7. The van der Waals surface area contributed by atoms with Gasteiger partial charge in [-0.1, -0.05) is 34.5 Å². The normalized spacial score (nSPS) is 10.5. The highest BCUT2D eigenvalue weighted by Gasteiger charge is 2.15. The minimum atomic E-state index is -0.665. The van der Waals surface area contributed by atoms with Crippen LogP contribution in [0.2, 0.25) is 10.0 Å². The van der Waals surface area contributed by atoms with Gasteiger partial charge in [0.1, 0.15) is 6.54 Å². The number of benzene rings is 1. The summed E-state index contributed by atoms with van der Waals surface area (Å²) in [6.45, 7) is 1.04. The van der Waals surface area contributed by atoms with Crippen molar-refractivity contribution >= 4 is 46.3 Å². The number of esters is 1. The van der Waals surface area contributed by atoms with Crippen molar-refractivity contribution in [2.45, 2.75) is 13.5 Å². The number of hydrogen-bond acceptors (Lipinski definition) is 5. The fourth-order valence-electron chi connectivity index (χ4n) is 1.71. The van der Waals surface area contributed by atoms with Crippen molar-refractivity contribution in [1.82, 2.24) is 4.57 Å². The van der Waals surface area contributed by atoms with Gasteiger partial charge in [-0.2, -0.15) is 0 Å². The van der Waals surface area contributed by atoms with Crippen molar-refractivity contribution in [3.8, 4) is 0 Å². The Morgan fingerprint density at radius 3 is 2.64 bits per heavy atom. The number of thiazole rings is 1. The summed E-state index contributed by atoms with van der Waals surface area (Å²) in [5.74, 6) is -1.11. The second kappa shape index (κ2) is 7.09. The minimum Gasteiger partial charge on any atom is -0.456 e. The maximum Gasteiger partial charge on any atom is 0.326 e. The third kappa shape index (κ3) is 3.97. The van der Waals surface area contributed by atoms with Gasteiger partial charge in [0.25, 0.3) is 0 Å². The molecule has 0 aliphatic rings. The van der Waals surface area contributed by atoms with E-state index in [1.807, 2.05) is 0 Å². The number of aromatic nitrogens is 1. The maximum atomic E-state index is 11.9. The van der Waals surface area contributed by atoms with E-state index in [-0.39, 0.29) is 22.0 Å². The van der Waals surface area contributed by atoms with E-state index < -0.39 is 18.4 Å². The van der Waals surface area contributed by atoms with Crippen LogP contribution in [0.15, 0.2) is 28.4 Å². The summed E-state index contributed by atoms with van der Waals surface area (Å²) in [7, 11) is 0. The van der Waals surface area contributed by atoms with Crippen LogP contribution in [0.25, 0.3) is 0 Å². The first-order chi connectivity index (χ1) is 10.4. The molecule has 0 radical (unpaired) electrons. The standard InChI is InChI=1S/C14H11Cl2NO4S/c1-8-7-22-14(20)17(8)5-13(19)21-6-12(18)10-3-2-9(15)4-11(10)16/h2-4,7H,5-6H2,1H3. The van der Waals surface area contributed by atoms with Crippen LogP contribution >= 0.6 is 34.5 Å². The first kappa shape index (κ1) is 16.7. The quantitative estimate of drug-likeness (QED) is 0.608. The summed E-state index contributed by atoms with van der Waals surface area (Å²) < 4.78 is 6.18. The number of carbonyl (C=O) groups is 2. The summed E-state index contributed by atoms with van der Waals surface area (Å²) in [6.07, 6.45) is 0. The molecule has 0 bridgehead atoms. The predicted molar refractivity (Wildman–Crippen MR) is 85.1 cm³/mol. The monoisotopic (exact) mass is 359 g/mol. The number of aryl methyl sites for hydroxylation is 1. The Kier molecular flexibility index (Phi) is 5.39. The molecular formula is C14H11Cl2NO4S. The van der Waals surface area contributed by atoms with Crippen LogP contribution in [0.5, 0.6) is 0 Å². The van der Waals surface area contributed by atoms with E-state index in [1.165, 1.54) is 22.8 Å². The third-order valence-electron chi connectivity index (χ3n) is 2.86. The van der Waals surface area contributed by atoms with Crippen LogP contribution in [0, 0.1) is 6.92 Å². The van der Waals surface area contributed by atoms with Crippen LogP contribution < -0.4 is 4.87 Å². The van der Waals surface area contributed by atoms with Crippen molar-refractivity contribution in [2.24, 2.45) is 0 Å². The van der Waals surface area contributed by atoms with Crippen molar-refractivity contribution in [3.05, 3.63) is 54.5 Å². The molecule has 0 unspecified atom stereocenters. The SMILES string of the molecule is Cc1csc(=O)n1CC(=O)OCC(=O)c1ccc(Cl)cc1Cl. The van der Waals surface area contributed by atoms with Crippen LogP contribution in [0.4, 0.5) is 0 Å². The molecule has 0 saturated carbocycles. The van der Waals surface area contributed by atoms with E-state index in [4.69, 9.17) is 27.9 Å². The summed E-state index contributed by atoms with van der Waals surface area (Å²) in [5.41, 5.74) is 0.891. The molecule has 1 aromatic heterocycles. The number of ether oxygens (including phenoxy) is 1. The van der Waals surface area contributed by atoms with Gasteiger partial charge in [-0.3, -0.25) is 19.0 Å². The highest BCUT2D eigenvalue weighted by molar-refractivity contribution is 7.07. The number of ketones is 1. The van der Waals surface area contributed by atoms with Gasteiger partial charge in [-0.05, 0) is 25.1 Å². The van der Waals surface area contributed by atoms with Gasteiger partial charge in [0.15, 0.2) is 6.61 Å². The Balaban J connectivity index is 1.96. The molecule has 0 fully saturated rings. The molecule has 0 spiro atoms. The lowest BCUT2D eigenvalue weighted by atomic mass is 10.1. The van der Waals surface area contributed by atoms with E-state index in [1.54, 1.807) is 12.3 Å². The number of hydrogen-bond donors (Lipinski definition) is 0. The Bertz CT molecular complexity index is 781. The van der Waals surface area contributed by atoms with Crippen LogP contribution in [-0.4, -0.2) is 22.9 Å². The molecule has 2 rings (SSSR count). The lowest BCUT2D eigenvalue weighted by Gasteiger charge is -2.07. The molecular weight excluding hydrogens is 349 g/mol. The van der Waals surface area contributed by atoms with Gasteiger partial charge < -0.3 is 4.74 Å². The molecule has 116 valence electrons. The number of carbonyl (C=O) groups excluding carboxylic acids is 2. The lowest BCUT2D eigenvalue weighted by Crippen LogP contribution is -2.24. The number of Topliss-reactive ketones (excluding diaryl/α,β-unsaturated/α-hetero) is 1. The summed E-state index contributed by atoms with van der Waals surface area (Å²) in [4.78, 5) is 34.9. The Morgan fingerprint density at radius 1 is 1.32 bits per heavy atom. The summed E-state index contributed by atoms with van der Waals surface area (Å²) in [5, 5.41) is 2.25. The van der Waals surface area contributed by atoms with Crippen molar-refractivity contribution in [3.63, 3.8) is 0 Å². The highest BCUT2D eigenvalue weighted by Crippen LogP contribution is 2.21.